The number of anilines is 1. The summed E-state index contributed by atoms with van der Waals surface area (Å²) in [5, 5.41) is 2.07. The highest BCUT2D eigenvalue weighted by atomic mass is 79.9. The molecule has 0 aliphatic carbocycles. The minimum atomic E-state index is -3.04. The number of rotatable bonds is 9. The largest absolute Gasteiger partial charge is 0.424 e. The van der Waals surface area contributed by atoms with E-state index in [-0.39, 0.29) is 10.6 Å². The van der Waals surface area contributed by atoms with Gasteiger partial charge in [-0.25, -0.2) is 0 Å². The quantitative estimate of drug-likeness (QED) is 0.145. The first-order valence-corrected chi connectivity index (χ1v) is 14.7. The van der Waals surface area contributed by atoms with Gasteiger partial charge in [0.05, 0.1) is 20.7 Å². The normalized spacial score (nSPS) is 12.0. The van der Waals surface area contributed by atoms with Crippen molar-refractivity contribution in [2.24, 2.45) is 5.73 Å². The maximum Gasteiger partial charge on any atom is 0.258 e. The molecule has 0 bridgehead atoms. The number of amides is 1. The Kier molecular flexibility index (Phi) is 8.34. The van der Waals surface area contributed by atoms with Gasteiger partial charge in [-0.3, -0.25) is 4.79 Å². The predicted octanol–water partition coefficient (Wildman–Crippen LogP) is 5.19. The van der Waals surface area contributed by atoms with Crippen LogP contribution in [0.1, 0.15) is 37.0 Å². The summed E-state index contributed by atoms with van der Waals surface area (Å²) in [5.41, 5.74) is 12.2. The van der Waals surface area contributed by atoms with Gasteiger partial charge in [-0.15, -0.1) is 11.8 Å². The fourth-order valence-electron chi connectivity index (χ4n) is 4.14. The van der Waals surface area contributed by atoms with Crippen LogP contribution in [0.3, 0.4) is 0 Å². The van der Waals surface area contributed by atoms with Crippen LogP contribution in [-0.2, 0) is 0 Å². The number of hydrogen-bond donors (Lipinski definition) is 3. The summed E-state index contributed by atoms with van der Waals surface area (Å²) in [6.45, 7) is 4.30. The van der Waals surface area contributed by atoms with Gasteiger partial charge in [0.15, 0.2) is 0 Å². The van der Waals surface area contributed by atoms with Crippen LogP contribution in [-0.4, -0.2) is 24.8 Å². The van der Waals surface area contributed by atoms with Crippen LogP contribution in [0.15, 0.2) is 76.1 Å². The number of hydrogen-bond acceptors (Lipinski definition) is 4. The van der Waals surface area contributed by atoms with Crippen LogP contribution in [0.2, 0.25) is 10.1 Å². The lowest BCUT2D eigenvalue weighted by Gasteiger charge is -2.41. The van der Waals surface area contributed by atoms with Crippen LogP contribution in [0.5, 0.6) is 0 Å². The SMILES string of the molecule is CC(C)(CCCSc1c(N)c(C(N)=O)cc(Cl)c1Br)[Si](O)(c1ccccc1)c1ccccc1. The van der Waals surface area contributed by atoms with Crippen LogP contribution in [0.4, 0.5) is 5.69 Å². The van der Waals surface area contributed by atoms with E-state index in [4.69, 9.17) is 23.1 Å². The van der Waals surface area contributed by atoms with E-state index in [1.165, 1.54) is 17.8 Å². The van der Waals surface area contributed by atoms with Crippen molar-refractivity contribution in [1.29, 1.82) is 0 Å². The fourth-order valence-corrected chi connectivity index (χ4v) is 9.85. The first kappa shape index (κ1) is 25.8. The molecule has 1 amide bonds. The molecule has 174 valence electrons. The Balaban J connectivity index is 1.81. The molecule has 0 aliphatic rings. The van der Waals surface area contributed by atoms with E-state index >= 15 is 0 Å². The van der Waals surface area contributed by atoms with E-state index in [0.29, 0.717) is 20.1 Å². The van der Waals surface area contributed by atoms with Gasteiger partial charge in [-0.05, 0) is 56.0 Å². The maximum atomic E-state index is 12.3. The molecule has 0 radical (unpaired) electrons. The molecule has 0 unspecified atom stereocenters. The Hall–Kier alpha value is -1.77. The molecule has 4 nitrogen and oxygen atoms in total. The first-order valence-electron chi connectivity index (χ1n) is 10.6. The number of halogens is 2. The lowest BCUT2D eigenvalue weighted by atomic mass is 10.1. The lowest BCUT2D eigenvalue weighted by Crippen LogP contribution is -2.65. The maximum absolute atomic E-state index is 12.3. The molecule has 3 rings (SSSR count). The van der Waals surface area contributed by atoms with Crippen molar-refractivity contribution in [1.82, 2.24) is 0 Å². The van der Waals surface area contributed by atoms with Gasteiger partial charge in [0, 0.05) is 4.90 Å². The van der Waals surface area contributed by atoms with Crippen LogP contribution in [0.25, 0.3) is 0 Å². The van der Waals surface area contributed by atoms with E-state index < -0.39 is 14.2 Å². The van der Waals surface area contributed by atoms with Gasteiger partial charge < -0.3 is 16.3 Å². The summed E-state index contributed by atoms with van der Waals surface area (Å²) in [6, 6.07) is 21.5. The molecule has 0 spiro atoms. The summed E-state index contributed by atoms with van der Waals surface area (Å²) in [7, 11) is -3.04. The highest BCUT2D eigenvalue weighted by Crippen LogP contribution is 2.43. The number of primary amides is 1. The van der Waals surface area contributed by atoms with E-state index in [0.717, 1.165) is 29.0 Å². The molecule has 8 heteroatoms. The first-order chi connectivity index (χ1) is 15.6. The molecule has 0 fully saturated rings. The zero-order chi connectivity index (χ0) is 24.2. The molecule has 0 saturated heterocycles. The molecular formula is C25H28BrClN2O2SSi. The summed E-state index contributed by atoms with van der Waals surface area (Å²) in [4.78, 5) is 24.7. The van der Waals surface area contributed by atoms with Crippen LogP contribution in [0, 0.1) is 0 Å². The summed E-state index contributed by atoms with van der Waals surface area (Å²) in [5.74, 6) is 0.144. The fraction of sp³-hybridized carbons (Fsp3) is 0.240. The van der Waals surface area contributed by atoms with Crippen LogP contribution < -0.4 is 21.8 Å². The second kappa shape index (κ2) is 10.7. The van der Waals surface area contributed by atoms with Crippen molar-refractivity contribution in [3.05, 3.63) is 81.8 Å². The van der Waals surface area contributed by atoms with Crippen molar-refractivity contribution < 1.29 is 9.59 Å². The number of nitrogen functional groups attached to an aromatic ring is 1. The molecule has 0 atom stereocenters. The number of benzene rings is 3. The second-order valence-electron chi connectivity index (χ2n) is 8.61. The predicted molar refractivity (Wildman–Crippen MR) is 146 cm³/mol. The Labute approximate surface area is 214 Å². The van der Waals surface area contributed by atoms with E-state index in [9.17, 15) is 9.59 Å². The van der Waals surface area contributed by atoms with Crippen molar-refractivity contribution in [2.75, 3.05) is 11.5 Å². The molecule has 33 heavy (non-hydrogen) atoms. The number of thioether (sulfide) groups is 1. The number of carbonyl (C=O) groups excluding carboxylic acids is 1. The average Bonchev–Trinajstić information content (AvgIpc) is 2.81. The zero-order valence-electron chi connectivity index (χ0n) is 18.6. The molecule has 0 saturated carbocycles. The Bertz CT molecular complexity index is 1090. The lowest BCUT2D eigenvalue weighted by molar-refractivity contribution is 0.100. The zero-order valence-corrected chi connectivity index (χ0v) is 22.8. The van der Waals surface area contributed by atoms with Crippen LogP contribution >= 0.6 is 39.3 Å². The molecule has 3 aromatic carbocycles. The smallest absolute Gasteiger partial charge is 0.258 e. The second-order valence-corrected chi connectivity index (χ2v) is 14.8. The Morgan fingerprint density at radius 1 is 1.09 bits per heavy atom. The van der Waals surface area contributed by atoms with Gasteiger partial charge in [0.1, 0.15) is 0 Å². The van der Waals surface area contributed by atoms with Gasteiger partial charge in [0.25, 0.3) is 14.2 Å². The minimum Gasteiger partial charge on any atom is -0.424 e. The third-order valence-corrected chi connectivity index (χ3v) is 13.4. The third kappa shape index (κ3) is 5.33. The Morgan fingerprint density at radius 2 is 1.61 bits per heavy atom. The molecular weight excluding hydrogens is 536 g/mol. The van der Waals surface area contributed by atoms with Gasteiger partial charge >= 0.3 is 0 Å². The highest BCUT2D eigenvalue weighted by molar-refractivity contribution is 9.10. The van der Waals surface area contributed by atoms with Gasteiger partial charge in [0.2, 0.25) is 0 Å². The van der Waals surface area contributed by atoms with E-state index in [1.807, 2.05) is 60.7 Å². The van der Waals surface area contributed by atoms with Crippen molar-refractivity contribution in [3.8, 4) is 0 Å². The number of carbonyl (C=O) groups is 1. The summed E-state index contributed by atoms with van der Waals surface area (Å²) < 4.78 is 0.662. The summed E-state index contributed by atoms with van der Waals surface area (Å²) in [6.07, 6.45) is 1.66. The van der Waals surface area contributed by atoms with Gasteiger partial charge in [-0.2, -0.15) is 0 Å². The monoisotopic (exact) mass is 562 g/mol. The average molecular weight is 564 g/mol. The molecule has 0 aliphatic heterocycles. The molecule has 0 heterocycles. The highest BCUT2D eigenvalue weighted by Gasteiger charge is 2.49. The van der Waals surface area contributed by atoms with E-state index in [2.05, 4.69) is 29.8 Å². The molecule has 3 aromatic rings. The third-order valence-electron chi connectivity index (χ3n) is 6.04. The van der Waals surface area contributed by atoms with Crippen molar-refractivity contribution in [2.45, 2.75) is 36.6 Å². The van der Waals surface area contributed by atoms with Gasteiger partial charge in [-0.1, -0.05) is 86.1 Å². The van der Waals surface area contributed by atoms with E-state index in [1.54, 1.807) is 0 Å². The summed E-state index contributed by atoms with van der Waals surface area (Å²) >= 11 is 11.3. The molecule has 5 N–H and O–H groups in total. The van der Waals surface area contributed by atoms with Crippen molar-refractivity contribution >= 4 is 69.6 Å². The standard InChI is InChI=1S/C25H28BrClN2O2SSi/c1-25(2,33(31,17-10-5-3-6-11-17)18-12-7-4-8-13-18)14-9-15-32-23-21(26)20(27)16-19(22(23)28)24(29)30/h3-8,10-13,16,31H,9,14-15,28H2,1-2H3,(H2,29,30). The number of nitrogens with two attached hydrogens (primary N) is 2. The molecule has 0 aromatic heterocycles. The topological polar surface area (TPSA) is 89.3 Å². The minimum absolute atomic E-state index is 0.223. The van der Waals surface area contributed by atoms with Crippen molar-refractivity contribution in [3.63, 3.8) is 0 Å². The Morgan fingerprint density at radius 3 is 2.09 bits per heavy atom.